The molecule has 3 heteroatoms. The third-order valence-corrected chi connectivity index (χ3v) is 2.19. The quantitative estimate of drug-likeness (QED) is 0.802. The maximum atomic E-state index is 5.55. The maximum absolute atomic E-state index is 5.55. The Morgan fingerprint density at radius 3 is 2.41 bits per heavy atom. The summed E-state index contributed by atoms with van der Waals surface area (Å²) in [6.45, 7) is 5.53. The van der Waals surface area contributed by atoms with Crippen LogP contribution in [-0.4, -0.2) is 10.2 Å². The van der Waals surface area contributed by atoms with Crippen LogP contribution >= 0.6 is 0 Å². The monoisotopic (exact) mass is 225 g/mol. The average molecular weight is 225 g/mol. The van der Waals surface area contributed by atoms with E-state index in [-0.39, 0.29) is 0 Å². The lowest BCUT2D eigenvalue weighted by Crippen LogP contribution is -1.91. The maximum Gasteiger partial charge on any atom is 0.238 e. The minimum atomic E-state index is 0.496. The van der Waals surface area contributed by atoms with Gasteiger partial charge >= 0.3 is 0 Å². The summed E-state index contributed by atoms with van der Waals surface area (Å²) in [5.74, 6) is 1.24. The molecule has 0 atom stereocenters. The first-order valence-corrected chi connectivity index (χ1v) is 5.32. The predicted molar refractivity (Wildman–Crippen MR) is 67.7 cm³/mol. The molecule has 0 amide bonds. The van der Waals surface area contributed by atoms with Gasteiger partial charge in [0.2, 0.25) is 5.88 Å². The highest BCUT2D eigenvalue weighted by atomic mass is 16.5. The van der Waals surface area contributed by atoms with E-state index >= 15 is 0 Å². The zero-order valence-electron chi connectivity index (χ0n) is 9.63. The number of hydrogen-bond donors (Lipinski definition) is 0. The van der Waals surface area contributed by atoms with Gasteiger partial charge in [-0.25, -0.2) is 0 Å². The van der Waals surface area contributed by atoms with Crippen LogP contribution in [0.15, 0.2) is 42.5 Å². The second kappa shape index (κ2) is 5.25. The van der Waals surface area contributed by atoms with E-state index in [9.17, 15) is 0 Å². The van der Waals surface area contributed by atoms with Crippen molar-refractivity contribution in [2.75, 3.05) is 0 Å². The second-order valence-corrected chi connectivity index (χ2v) is 3.59. The molecule has 3 nitrogen and oxygen atoms in total. The summed E-state index contributed by atoms with van der Waals surface area (Å²) in [7, 11) is 0. The van der Waals surface area contributed by atoms with Crippen LogP contribution in [0.25, 0.3) is 6.08 Å². The molecule has 0 unspecified atom stereocenters. The summed E-state index contributed by atoms with van der Waals surface area (Å²) in [4.78, 5) is 0. The van der Waals surface area contributed by atoms with E-state index in [0.717, 1.165) is 17.0 Å². The number of allylic oxidation sites excluding steroid dienone is 1. The molecule has 0 bridgehead atoms. The zero-order chi connectivity index (χ0) is 12.1. The summed E-state index contributed by atoms with van der Waals surface area (Å²) >= 11 is 0. The molecular formula is C14H13N2O. The number of aryl methyl sites for hydroxylation is 1. The highest BCUT2D eigenvalue weighted by Gasteiger charge is 1.98. The van der Waals surface area contributed by atoms with Crippen molar-refractivity contribution in [2.45, 2.75) is 6.92 Å². The number of aromatic nitrogens is 2. The Balaban J connectivity index is 2.11. The van der Waals surface area contributed by atoms with E-state index in [4.69, 9.17) is 4.74 Å². The molecule has 17 heavy (non-hydrogen) atoms. The largest absolute Gasteiger partial charge is 0.438 e. The topological polar surface area (TPSA) is 35.0 Å². The van der Waals surface area contributed by atoms with E-state index in [1.807, 2.05) is 43.3 Å². The lowest BCUT2D eigenvalue weighted by molar-refractivity contribution is 0.454. The molecule has 1 heterocycles. The summed E-state index contributed by atoms with van der Waals surface area (Å²) in [6.07, 6.45) is 3.68. The number of nitrogens with zero attached hydrogens (tertiary/aromatic N) is 2. The minimum Gasteiger partial charge on any atom is -0.438 e. The van der Waals surface area contributed by atoms with Crippen LogP contribution in [0.3, 0.4) is 0 Å². The Bertz CT molecular complexity index is 501. The molecule has 0 spiro atoms. The number of hydrogen-bond acceptors (Lipinski definition) is 3. The first-order chi connectivity index (χ1) is 8.28. The van der Waals surface area contributed by atoms with Crippen molar-refractivity contribution in [3.63, 3.8) is 0 Å². The van der Waals surface area contributed by atoms with Crippen LogP contribution < -0.4 is 4.74 Å². The molecule has 0 aliphatic carbocycles. The molecule has 0 N–H and O–H groups in total. The van der Waals surface area contributed by atoms with E-state index in [1.54, 1.807) is 12.1 Å². The molecule has 0 aliphatic heterocycles. The Labute approximate surface area is 101 Å². The van der Waals surface area contributed by atoms with Crippen molar-refractivity contribution in [3.05, 3.63) is 60.7 Å². The van der Waals surface area contributed by atoms with Crippen LogP contribution in [0.5, 0.6) is 11.6 Å². The van der Waals surface area contributed by atoms with Crippen LogP contribution in [-0.2, 0) is 0 Å². The average Bonchev–Trinajstić information content (AvgIpc) is 2.35. The van der Waals surface area contributed by atoms with Crippen molar-refractivity contribution < 1.29 is 4.74 Å². The fourth-order valence-electron chi connectivity index (χ4n) is 1.34. The lowest BCUT2D eigenvalue weighted by atomic mass is 10.2. The number of benzene rings is 1. The molecule has 1 aromatic heterocycles. The standard InChI is InChI=1S/C14H13N2O/c1-3-4-12-6-8-13(9-7-12)17-14-10-5-11(2)15-16-14/h3-10H,1H2,2H3/b4-3+. The van der Waals surface area contributed by atoms with Crippen LogP contribution in [0, 0.1) is 13.8 Å². The molecule has 0 fully saturated rings. The highest BCUT2D eigenvalue weighted by molar-refractivity contribution is 5.51. The van der Waals surface area contributed by atoms with E-state index < -0.39 is 0 Å². The molecule has 1 radical (unpaired) electrons. The summed E-state index contributed by atoms with van der Waals surface area (Å²) in [6, 6.07) is 11.3. The Hall–Kier alpha value is -2.16. The van der Waals surface area contributed by atoms with Gasteiger partial charge in [-0.1, -0.05) is 24.3 Å². The van der Waals surface area contributed by atoms with Crippen molar-refractivity contribution in [3.8, 4) is 11.6 Å². The molecule has 2 rings (SSSR count). The van der Waals surface area contributed by atoms with Gasteiger partial charge in [0, 0.05) is 6.07 Å². The van der Waals surface area contributed by atoms with Crippen molar-refractivity contribution in [1.29, 1.82) is 0 Å². The Kier molecular flexibility index (Phi) is 3.50. The summed E-state index contributed by atoms with van der Waals surface area (Å²) in [5, 5.41) is 7.86. The first kappa shape index (κ1) is 11.3. The van der Waals surface area contributed by atoms with Crippen molar-refractivity contribution in [2.24, 2.45) is 0 Å². The van der Waals surface area contributed by atoms with Gasteiger partial charge in [-0.15, -0.1) is 5.10 Å². The van der Waals surface area contributed by atoms with Crippen molar-refractivity contribution >= 4 is 6.08 Å². The van der Waals surface area contributed by atoms with E-state index in [2.05, 4.69) is 17.1 Å². The summed E-state index contributed by atoms with van der Waals surface area (Å²) in [5.41, 5.74) is 1.95. The fraction of sp³-hybridized carbons (Fsp3) is 0.0714. The molecule has 0 saturated heterocycles. The molecule has 1 aromatic carbocycles. The van der Waals surface area contributed by atoms with Crippen LogP contribution in [0.1, 0.15) is 11.3 Å². The smallest absolute Gasteiger partial charge is 0.238 e. The van der Waals surface area contributed by atoms with Gasteiger partial charge < -0.3 is 4.74 Å². The first-order valence-electron chi connectivity index (χ1n) is 5.32. The highest BCUT2D eigenvalue weighted by Crippen LogP contribution is 2.19. The predicted octanol–water partition coefficient (Wildman–Crippen LogP) is 3.42. The van der Waals surface area contributed by atoms with Crippen LogP contribution in [0.2, 0.25) is 0 Å². The SMILES string of the molecule is [CH2]/C=C/c1ccc(Oc2ccc(C)nn2)cc1. The number of rotatable bonds is 3. The molecule has 0 aliphatic rings. The second-order valence-electron chi connectivity index (χ2n) is 3.59. The third-order valence-electron chi connectivity index (χ3n) is 2.19. The van der Waals surface area contributed by atoms with E-state index in [0.29, 0.717) is 5.88 Å². The van der Waals surface area contributed by atoms with Gasteiger partial charge in [0.25, 0.3) is 0 Å². The van der Waals surface area contributed by atoms with Gasteiger partial charge in [-0.05, 0) is 37.6 Å². The van der Waals surface area contributed by atoms with Gasteiger partial charge in [0.05, 0.1) is 5.69 Å². The lowest BCUT2D eigenvalue weighted by Gasteiger charge is -2.04. The van der Waals surface area contributed by atoms with Crippen molar-refractivity contribution in [1.82, 2.24) is 10.2 Å². The van der Waals surface area contributed by atoms with Gasteiger partial charge in [0.15, 0.2) is 0 Å². The number of ether oxygens (including phenoxy) is 1. The Morgan fingerprint density at radius 1 is 1.06 bits per heavy atom. The van der Waals surface area contributed by atoms with E-state index in [1.165, 1.54) is 0 Å². The Morgan fingerprint density at radius 2 is 1.82 bits per heavy atom. The fourth-order valence-corrected chi connectivity index (χ4v) is 1.34. The third kappa shape index (κ3) is 3.14. The summed E-state index contributed by atoms with van der Waals surface area (Å²) < 4.78 is 5.55. The van der Waals surface area contributed by atoms with Crippen LogP contribution in [0.4, 0.5) is 0 Å². The normalized spacial score (nSPS) is 10.7. The molecule has 2 aromatic rings. The molecule has 85 valence electrons. The minimum absolute atomic E-state index is 0.496. The molecular weight excluding hydrogens is 212 g/mol. The van der Waals surface area contributed by atoms with Gasteiger partial charge in [0.1, 0.15) is 5.75 Å². The molecule has 0 saturated carbocycles. The van der Waals surface area contributed by atoms with Gasteiger partial charge in [-0.3, -0.25) is 0 Å². The zero-order valence-corrected chi connectivity index (χ0v) is 9.63. The van der Waals surface area contributed by atoms with Gasteiger partial charge in [-0.2, -0.15) is 5.10 Å².